The molecule has 1 heterocycles. The molecule has 1 aliphatic heterocycles. The van der Waals surface area contributed by atoms with Crippen LogP contribution in [0, 0.1) is 0 Å². The molecule has 0 aromatic rings. The van der Waals surface area contributed by atoms with Crippen LogP contribution in [-0.4, -0.2) is 49.1 Å². The fourth-order valence-electron chi connectivity index (χ4n) is 1.53. The molecule has 0 atom stereocenters. The molecule has 0 bridgehead atoms. The lowest BCUT2D eigenvalue weighted by Crippen LogP contribution is -2.50. The molecule has 1 aliphatic rings. The largest absolute Gasteiger partial charge is 0.350 e. The fourth-order valence-corrected chi connectivity index (χ4v) is 1.53. The molecule has 2 N–H and O–H groups in total. The molecule has 0 unspecified atom stereocenters. The predicted molar refractivity (Wildman–Crippen MR) is 64.5 cm³/mol. The van der Waals surface area contributed by atoms with Crippen LogP contribution in [0.5, 0.6) is 0 Å². The number of hydrogen-bond donors (Lipinski definition) is 2. The summed E-state index contributed by atoms with van der Waals surface area (Å²) >= 11 is 0. The van der Waals surface area contributed by atoms with Gasteiger partial charge in [0.2, 0.25) is 5.91 Å². The highest BCUT2D eigenvalue weighted by molar-refractivity contribution is 5.85. The highest BCUT2D eigenvalue weighted by atomic mass is 35.5. The van der Waals surface area contributed by atoms with Gasteiger partial charge in [0.25, 0.3) is 0 Å². The molecule has 90 valence electrons. The smallest absolute Gasteiger partial charge is 0.234 e. The average molecular weight is 236 g/mol. The van der Waals surface area contributed by atoms with Crippen LogP contribution in [0.15, 0.2) is 0 Å². The fraction of sp³-hybridized carbons (Fsp3) is 0.900. The first-order chi connectivity index (χ1) is 6.47. The summed E-state index contributed by atoms with van der Waals surface area (Å²) in [4.78, 5) is 13.7. The van der Waals surface area contributed by atoms with Gasteiger partial charge in [0, 0.05) is 31.7 Å². The zero-order valence-corrected chi connectivity index (χ0v) is 10.6. The van der Waals surface area contributed by atoms with Crippen LogP contribution in [0.25, 0.3) is 0 Å². The molecule has 0 saturated carbocycles. The number of rotatable bonds is 2. The van der Waals surface area contributed by atoms with E-state index in [4.69, 9.17) is 0 Å². The third-order valence-electron chi connectivity index (χ3n) is 2.09. The van der Waals surface area contributed by atoms with E-state index in [1.807, 2.05) is 20.8 Å². The van der Waals surface area contributed by atoms with Crippen molar-refractivity contribution in [2.24, 2.45) is 0 Å². The van der Waals surface area contributed by atoms with Crippen molar-refractivity contribution in [3.8, 4) is 0 Å². The lowest BCUT2D eigenvalue weighted by molar-refractivity contribution is -0.123. The van der Waals surface area contributed by atoms with E-state index in [1.54, 1.807) is 0 Å². The van der Waals surface area contributed by atoms with Gasteiger partial charge >= 0.3 is 0 Å². The molecule has 1 fully saturated rings. The summed E-state index contributed by atoms with van der Waals surface area (Å²) in [6.45, 7) is 10.5. The Bertz CT molecular complexity index is 197. The van der Waals surface area contributed by atoms with Crippen molar-refractivity contribution in [3.05, 3.63) is 0 Å². The molecule has 1 rings (SSSR count). The Morgan fingerprint density at radius 2 is 1.87 bits per heavy atom. The van der Waals surface area contributed by atoms with E-state index >= 15 is 0 Å². The quantitative estimate of drug-likeness (QED) is 0.720. The van der Waals surface area contributed by atoms with Crippen molar-refractivity contribution < 1.29 is 4.79 Å². The molecule has 0 spiro atoms. The van der Waals surface area contributed by atoms with Crippen LogP contribution < -0.4 is 10.6 Å². The summed E-state index contributed by atoms with van der Waals surface area (Å²) in [6.07, 6.45) is 0. The van der Waals surface area contributed by atoms with E-state index in [2.05, 4.69) is 15.5 Å². The maximum Gasteiger partial charge on any atom is 0.234 e. The minimum Gasteiger partial charge on any atom is -0.350 e. The standard InChI is InChI=1S/C10H21N3O.ClH/c1-10(2,3)12-9(14)8-13-6-4-11-5-7-13;/h11H,4-8H2,1-3H3,(H,12,14);1H. The Hall–Kier alpha value is -0.320. The third kappa shape index (κ3) is 6.71. The normalized spacial score (nSPS) is 18.1. The van der Waals surface area contributed by atoms with Crippen molar-refractivity contribution in [2.75, 3.05) is 32.7 Å². The van der Waals surface area contributed by atoms with Crippen LogP contribution in [0.4, 0.5) is 0 Å². The molecule has 15 heavy (non-hydrogen) atoms. The summed E-state index contributed by atoms with van der Waals surface area (Å²) in [5, 5.41) is 6.23. The van der Waals surface area contributed by atoms with Gasteiger partial charge in [-0.1, -0.05) is 0 Å². The number of carbonyl (C=O) groups is 1. The van der Waals surface area contributed by atoms with E-state index in [-0.39, 0.29) is 23.9 Å². The third-order valence-corrected chi connectivity index (χ3v) is 2.09. The summed E-state index contributed by atoms with van der Waals surface area (Å²) in [5.41, 5.74) is -0.120. The van der Waals surface area contributed by atoms with Crippen LogP contribution in [0.1, 0.15) is 20.8 Å². The molecular weight excluding hydrogens is 214 g/mol. The molecule has 0 radical (unpaired) electrons. The van der Waals surface area contributed by atoms with Crippen molar-refractivity contribution in [1.29, 1.82) is 0 Å². The van der Waals surface area contributed by atoms with Crippen molar-refractivity contribution in [3.63, 3.8) is 0 Å². The van der Waals surface area contributed by atoms with Gasteiger partial charge in [0.05, 0.1) is 6.54 Å². The number of piperazine rings is 1. The van der Waals surface area contributed by atoms with Gasteiger partial charge in [-0.2, -0.15) is 0 Å². The van der Waals surface area contributed by atoms with Gasteiger partial charge in [0.15, 0.2) is 0 Å². The first-order valence-electron chi connectivity index (χ1n) is 5.21. The Morgan fingerprint density at radius 3 is 2.33 bits per heavy atom. The van der Waals surface area contributed by atoms with Gasteiger partial charge in [-0.15, -0.1) is 12.4 Å². The number of hydrogen-bond acceptors (Lipinski definition) is 3. The van der Waals surface area contributed by atoms with Crippen molar-refractivity contribution >= 4 is 18.3 Å². The number of amides is 1. The summed E-state index contributed by atoms with van der Waals surface area (Å²) in [7, 11) is 0. The number of nitrogens with one attached hydrogen (secondary N) is 2. The predicted octanol–water partition coefficient (Wildman–Crippen LogP) is 0.228. The van der Waals surface area contributed by atoms with Crippen LogP contribution in [0.3, 0.4) is 0 Å². The molecule has 0 aromatic heterocycles. The second-order valence-corrected chi connectivity index (χ2v) is 4.82. The lowest BCUT2D eigenvalue weighted by Gasteiger charge is -2.28. The Kier molecular flexibility index (Phi) is 6.17. The number of carbonyl (C=O) groups excluding carboxylic acids is 1. The summed E-state index contributed by atoms with van der Waals surface area (Å²) < 4.78 is 0. The molecule has 1 saturated heterocycles. The van der Waals surface area contributed by atoms with E-state index in [9.17, 15) is 4.79 Å². The summed E-state index contributed by atoms with van der Waals surface area (Å²) in [5.74, 6) is 0.124. The molecule has 1 amide bonds. The average Bonchev–Trinajstić information content (AvgIpc) is 2.02. The minimum absolute atomic E-state index is 0. The molecule has 0 aliphatic carbocycles. The van der Waals surface area contributed by atoms with E-state index in [0.717, 1.165) is 26.2 Å². The molecular formula is C10H22ClN3O. The van der Waals surface area contributed by atoms with Crippen LogP contribution >= 0.6 is 12.4 Å². The molecule has 0 aromatic carbocycles. The highest BCUT2D eigenvalue weighted by Crippen LogP contribution is 1.99. The Labute approximate surface area is 98.2 Å². The first kappa shape index (κ1) is 14.7. The van der Waals surface area contributed by atoms with Gasteiger partial charge < -0.3 is 10.6 Å². The lowest BCUT2D eigenvalue weighted by atomic mass is 10.1. The molecule has 4 nitrogen and oxygen atoms in total. The zero-order valence-electron chi connectivity index (χ0n) is 9.80. The van der Waals surface area contributed by atoms with Gasteiger partial charge in [-0.25, -0.2) is 0 Å². The van der Waals surface area contributed by atoms with E-state index in [1.165, 1.54) is 0 Å². The van der Waals surface area contributed by atoms with Gasteiger partial charge in [0.1, 0.15) is 0 Å². The maximum atomic E-state index is 11.6. The van der Waals surface area contributed by atoms with Crippen molar-refractivity contribution in [2.45, 2.75) is 26.3 Å². The monoisotopic (exact) mass is 235 g/mol. The zero-order chi connectivity index (χ0) is 10.6. The maximum absolute atomic E-state index is 11.6. The van der Waals surface area contributed by atoms with Crippen molar-refractivity contribution in [1.82, 2.24) is 15.5 Å². The molecule has 5 heteroatoms. The second-order valence-electron chi connectivity index (χ2n) is 4.82. The van der Waals surface area contributed by atoms with E-state index < -0.39 is 0 Å². The highest BCUT2D eigenvalue weighted by Gasteiger charge is 2.17. The Balaban J connectivity index is 0.00000196. The SMILES string of the molecule is CC(C)(C)NC(=O)CN1CCNCC1.Cl. The van der Waals surface area contributed by atoms with Gasteiger partial charge in [-0.05, 0) is 20.8 Å². The Morgan fingerprint density at radius 1 is 1.33 bits per heavy atom. The van der Waals surface area contributed by atoms with Gasteiger partial charge in [-0.3, -0.25) is 9.69 Å². The first-order valence-corrected chi connectivity index (χ1v) is 5.21. The van der Waals surface area contributed by atoms with E-state index in [0.29, 0.717) is 6.54 Å². The summed E-state index contributed by atoms with van der Waals surface area (Å²) in [6, 6.07) is 0. The topological polar surface area (TPSA) is 44.4 Å². The minimum atomic E-state index is -0.120. The number of halogens is 1. The van der Waals surface area contributed by atoms with Crippen LogP contribution in [-0.2, 0) is 4.79 Å². The number of nitrogens with zero attached hydrogens (tertiary/aromatic N) is 1. The van der Waals surface area contributed by atoms with Crippen LogP contribution in [0.2, 0.25) is 0 Å². The second kappa shape index (κ2) is 6.30.